The van der Waals surface area contributed by atoms with Crippen molar-refractivity contribution in [1.82, 2.24) is 25.5 Å². The first kappa shape index (κ1) is 10.9. The monoisotopic (exact) mass is 247 g/mol. The normalized spacial score (nSPS) is 22.8. The molecule has 94 valence electrons. The van der Waals surface area contributed by atoms with Crippen molar-refractivity contribution in [3.8, 4) is 0 Å². The molecule has 2 saturated carbocycles. The van der Waals surface area contributed by atoms with Gasteiger partial charge in [0.1, 0.15) is 0 Å². The topological polar surface area (TPSA) is 55.6 Å². The van der Waals surface area contributed by atoms with E-state index in [0.717, 1.165) is 17.5 Å². The fraction of sp³-hybridized carbons (Fsp3) is 0.889. The summed E-state index contributed by atoms with van der Waals surface area (Å²) in [6.07, 6.45) is -2.00. The van der Waals surface area contributed by atoms with Crippen molar-refractivity contribution in [3.05, 3.63) is 5.82 Å². The Morgan fingerprint density at radius 1 is 1.35 bits per heavy atom. The number of hydrogen-bond donors (Lipinski definition) is 1. The van der Waals surface area contributed by atoms with E-state index in [-0.39, 0.29) is 18.7 Å². The lowest BCUT2D eigenvalue weighted by Crippen LogP contribution is -2.37. The number of nitrogens with one attached hydrogen (secondary N) is 1. The van der Waals surface area contributed by atoms with Gasteiger partial charge in [-0.3, -0.25) is 0 Å². The number of hydrogen-bond acceptors (Lipinski definition) is 4. The van der Waals surface area contributed by atoms with Crippen LogP contribution in [0.5, 0.6) is 0 Å². The quantitative estimate of drug-likeness (QED) is 0.861. The van der Waals surface area contributed by atoms with Gasteiger partial charge in [-0.05, 0) is 36.1 Å². The third-order valence-electron chi connectivity index (χ3n) is 3.32. The second kappa shape index (κ2) is 3.41. The minimum atomic E-state index is -4.28. The Morgan fingerprint density at radius 2 is 2.06 bits per heavy atom. The van der Waals surface area contributed by atoms with E-state index in [1.165, 1.54) is 0 Å². The van der Waals surface area contributed by atoms with Crippen molar-refractivity contribution < 1.29 is 13.2 Å². The van der Waals surface area contributed by atoms with Crippen LogP contribution in [0.3, 0.4) is 0 Å². The van der Waals surface area contributed by atoms with Crippen LogP contribution < -0.4 is 5.32 Å². The van der Waals surface area contributed by atoms with Gasteiger partial charge in [-0.2, -0.15) is 13.2 Å². The van der Waals surface area contributed by atoms with Crippen LogP contribution in [0.15, 0.2) is 0 Å². The maximum atomic E-state index is 12.9. The van der Waals surface area contributed by atoms with E-state index in [4.69, 9.17) is 0 Å². The molecule has 0 radical (unpaired) electrons. The number of halogens is 3. The zero-order chi connectivity index (χ0) is 12.1. The van der Waals surface area contributed by atoms with E-state index < -0.39 is 11.7 Å². The lowest BCUT2D eigenvalue weighted by atomic mass is 10.2. The summed E-state index contributed by atoms with van der Waals surface area (Å²) in [6, 6.07) is 0.418. The molecule has 2 aliphatic carbocycles. The summed E-state index contributed by atoms with van der Waals surface area (Å²) in [5.41, 5.74) is -1.85. The minimum absolute atomic E-state index is 0.0674. The molecule has 8 heteroatoms. The Hall–Kier alpha value is -1.18. The Labute approximate surface area is 95.4 Å². The largest absolute Gasteiger partial charge is 0.413 e. The van der Waals surface area contributed by atoms with Crippen molar-refractivity contribution in [2.24, 2.45) is 0 Å². The fourth-order valence-electron chi connectivity index (χ4n) is 1.91. The zero-order valence-electron chi connectivity index (χ0n) is 9.04. The van der Waals surface area contributed by atoms with Crippen molar-refractivity contribution in [3.63, 3.8) is 0 Å². The van der Waals surface area contributed by atoms with Crippen molar-refractivity contribution in [2.75, 3.05) is 0 Å². The predicted octanol–water partition coefficient (Wildman–Crippen LogP) is 0.976. The van der Waals surface area contributed by atoms with Gasteiger partial charge in [-0.15, -0.1) is 5.10 Å². The van der Waals surface area contributed by atoms with Gasteiger partial charge >= 0.3 is 6.18 Å². The highest BCUT2D eigenvalue weighted by Gasteiger charge is 2.66. The van der Waals surface area contributed by atoms with Gasteiger partial charge in [-0.25, -0.2) is 4.68 Å². The first-order valence-corrected chi connectivity index (χ1v) is 5.61. The maximum Gasteiger partial charge on any atom is 0.413 e. The number of alkyl halides is 3. The van der Waals surface area contributed by atoms with Gasteiger partial charge in [-0.1, -0.05) is 0 Å². The highest BCUT2D eigenvalue weighted by molar-refractivity contribution is 5.07. The highest BCUT2D eigenvalue weighted by Crippen LogP contribution is 2.55. The van der Waals surface area contributed by atoms with Crippen LogP contribution in [0.1, 0.15) is 31.5 Å². The Bertz CT molecular complexity index is 419. The number of tetrazole rings is 1. The van der Waals surface area contributed by atoms with Gasteiger partial charge in [0.05, 0.1) is 6.54 Å². The van der Waals surface area contributed by atoms with Crippen LogP contribution in [-0.2, 0) is 12.1 Å². The second-order valence-corrected chi connectivity index (χ2v) is 4.69. The molecule has 5 nitrogen and oxygen atoms in total. The Morgan fingerprint density at radius 3 is 2.59 bits per heavy atom. The van der Waals surface area contributed by atoms with Gasteiger partial charge in [0.15, 0.2) is 11.4 Å². The van der Waals surface area contributed by atoms with Crippen molar-refractivity contribution in [1.29, 1.82) is 0 Å². The van der Waals surface area contributed by atoms with E-state index >= 15 is 0 Å². The molecule has 0 amide bonds. The second-order valence-electron chi connectivity index (χ2n) is 4.69. The minimum Gasteiger partial charge on any atom is -0.307 e. The van der Waals surface area contributed by atoms with Crippen LogP contribution in [0.2, 0.25) is 0 Å². The third-order valence-corrected chi connectivity index (χ3v) is 3.32. The molecule has 0 atom stereocenters. The first-order valence-electron chi connectivity index (χ1n) is 5.61. The van der Waals surface area contributed by atoms with Crippen LogP contribution in [0, 0.1) is 0 Å². The fourth-order valence-corrected chi connectivity index (χ4v) is 1.91. The molecule has 1 aromatic heterocycles. The molecule has 17 heavy (non-hydrogen) atoms. The van der Waals surface area contributed by atoms with E-state index in [9.17, 15) is 13.2 Å². The number of aromatic nitrogens is 4. The molecule has 3 rings (SSSR count). The molecular weight excluding hydrogens is 235 g/mol. The molecule has 1 N–H and O–H groups in total. The lowest BCUT2D eigenvalue weighted by Gasteiger charge is -2.20. The summed E-state index contributed by atoms with van der Waals surface area (Å²) in [7, 11) is 0. The molecule has 0 bridgehead atoms. The van der Waals surface area contributed by atoms with E-state index in [1.54, 1.807) is 0 Å². The summed E-state index contributed by atoms with van der Waals surface area (Å²) in [5.74, 6) is 0.270. The average Bonchev–Trinajstić information content (AvgIpc) is 3.15. The van der Waals surface area contributed by atoms with Gasteiger partial charge < -0.3 is 5.32 Å². The maximum absolute atomic E-state index is 12.9. The Kier molecular flexibility index (Phi) is 2.19. The summed E-state index contributed by atoms with van der Waals surface area (Å²) < 4.78 is 39.7. The standard InChI is InChI=1S/C9H12F3N5/c10-9(11,12)8(3-4-8)17-7(14-15-16-17)5-13-6-1-2-6/h6,13H,1-5H2. The molecule has 0 saturated heterocycles. The molecule has 2 fully saturated rings. The first-order chi connectivity index (χ1) is 8.03. The van der Waals surface area contributed by atoms with E-state index in [0.29, 0.717) is 12.6 Å². The summed E-state index contributed by atoms with van der Waals surface area (Å²) in [5, 5.41) is 13.7. The van der Waals surface area contributed by atoms with Crippen LogP contribution in [0.25, 0.3) is 0 Å². The Balaban J connectivity index is 1.80. The summed E-state index contributed by atoms with van der Waals surface area (Å²) >= 11 is 0. The van der Waals surface area contributed by atoms with Crippen molar-refractivity contribution >= 4 is 0 Å². The molecular formula is C9H12F3N5. The van der Waals surface area contributed by atoms with Crippen LogP contribution in [0.4, 0.5) is 13.2 Å². The SMILES string of the molecule is FC(F)(F)C1(n2nnnc2CNC2CC2)CC1. The van der Waals surface area contributed by atoms with Gasteiger partial charge in [0.2, 0.25) is 0 Å². The van der Waals surface area contributed by atoms with Crippen LogP contribution >= 0.6 is 0 Å². The number of nitrogens with zero attached hydrogens (tertiary/aromatic N) is 4. The van der Waals surface area contributed by atoms with Gasteiger partial charge in [0, 0.05) is 6.04 Å². The molecule has 1 heterocycles. The molecule has 0 unspecified atom stereocenters. The molecule has 0 aromatic carbocycles. The molecule has 1 aromatic rings. The smallest absolute Gasteiger partial charge is 0.307 e. The van der Waals surface area contributed by atoms with E-state index in [2.05, 4.69) is 20.8 Å². The third kappa shape index (κ3) is 1.80. The number of rotatable bonds is 4. The zero-order valence-corrected chi connectivity index (χ0v) is 9.04. The van der Waals surface area contributed by atoms with Crippen LogP contribution in [-0.4, -0.2) is 32.4 Å². The average molecular weight is 247 g/mol. The lowest BCUT2D eigenvalue weighted by molar-refractivity contribution is -0.183. The summed E-state index contributed by atoms with van der Waals surface area (Å²) in [6.45, 7) is 0.301. The van der Waals surface area contributed by atoms with Gasteiger partial charge in [0.25, 0.3) is 0 Å². The van der Waals surface area contributed by atoms with E-state index in [1.807, 2.05) is 0 Å². The van der Waals surface area contributed by atoms with Crippen molar-refractivity contribution in [2.45, 2.75) is 50.0 Å². The highest BCUT2D eigenvalue weighted by atomic mass is 19.4. The predicted molar refractivity (Wildman–Crippen MR) is 50.9 cm³/mol. The molecule has 2 aliphatic rings. The molecule has 0 aliphatic heterocycles. The summed E-state index contributed by atoms with van der Waals surface area (Å²) in [4.78, 5) is 0. The molecule has 0 spiro atoms.